The van der Waals surface area contributed by atoms with Crippen LogP contribution in [0.1, 0.15) is 20.3 Å². The van der Waals surface area contributed by atoms with Crippen molar-refractivity contribution in [2.75, 3.05) is 19.6 Å². The first-order valence-corrected chi connectivity index (χ1v) is 5.68. The predicted molar refractivity (Wildman–Crippen MR) is 64.2 cm³/mol. The summed E-state index contributed by atoms with van der Waals surface area (Å²) < 4.78 is 13.8. The second-order valence-corrected chi connectivity index (χ2v) is 4.17. The van der Waals surface area contributed by atoms with Gasteiger partial charge in [-0.3, -0.25) is 0 Å². The van der Waals surface area contributed by atoms with Gasteiger partial charge in [-0.15, -0.1) is 0 Å². The van der Waals surface area contributed by atoms with Crippen molar-refractivity contribution in [1.29, 1.82) is 5.41 Å². The maximum Gasteiger partial charge on any atom is 0.133 e. The minimum Gasteiger partial charge on any atom is -0.396 e. The van der Waals surface area contributed by atoms with Crippen LogP contribution >= 0.6 is 0 Å². The zero-order valence-electron chi connectivity index (χ0n) is 9.96. The topological polar surface area (TPSA) is 65.1 Å². The first-order chi connectivity index (χ1) is 7.58. The summed E-state index contributed by atoms with van der Waals surface area (Å²) in [5, 5.41) is 10.1. The van der Waals surface area contributed by atoms with Crippen LogP contribution in [0, 0.1) is 5.41 Å². The summed E-state index contributed by atoms with van der Waals surface area (Å²) in [5.74, 6) is 0. The summed E-state index contributed by atoms with van der Waals surface area (Å²) >= 11 is 0. The van der Waals surface area contributed by atoms with Gasteiger partial charge in [0, 0.05) is 25.0 Å². The molecule has 16 heavy (non-hydrogen) atoms. The summed E-state index contributed by atoms with van der Waals surface area (Å²) in [5.41, 5.74) is 6.63. The number of halogens is 1. The summed E-state index contributed by atoms with van der Waals surface area (Å²) in [6.07, 6.45) is 0.983. The number of nitrogens with one attached hydrogen (secondary N) is 2. The molecule has 4 nitrogen and oxygen atoms in total. The Kier molecular flexibility index (Phi) is 4.73. The first kappa shape index (κ1) is 13.0. The minimum absolute atomic E-state index is 0.179. The van der Waals surface area contributed by atoms with Crippen molar-refractivity contribution in [3.8, 4) is 0 Å². The first-order valence-electron chi connectivity index (χ1n) is 5.68. The Morgan fingerprint density at radius 3 is 2.88 bits per heavy atom. The maximum atomic E-state index is 13.8. The highest BCUT2D eigenvalue weighted by atomic mass is 19.1. The van der Waals surface area contributed by atoms with Crippen LogP contribution in [0.3, 0.4) is 0 Å². The number of nitrogens with two attached hydrogens (primary N) is 1. The zero-order valence-corrected chi connectivity index (χ0v) is 9.96. The van der Waals surface area contributed by atoms with E-state index in [0.717, 1.165) is 25.7 Å². The van der Waals surface area contributed by atoms with Crippen LogP contribution in [-0.2, 0) is 0 Å². The van der Waals surface area contributed by atoms with Gasteiger partial charge in [0.05, 0.1) is 11.7 Å². The number of likely N-dealkylation sites (tertiary alicyclic amines) is 1. The summed E-state index contributed by atoms with van der Waals surface area (Å²) in [6.45, 7) is 6.10. The Hall–Kier alpha value is -1.10. The van der Waals surface area contributed by atoms with Gasteiger partial charge < -0.3 is 21.4 Å². The Labute approximate surface area is 96.2 Å². The molecule has 0 bridgehead atoms. The fourth-order valence-electron chi connectivity index (χ4n) is 1.89. The van der Waals surface area contributed by atoms with Crippen LogP contribution in [-0.4, -0.2) is 43.0 Å². The highest BCUT2D eigenvalue weighted by molar-refractivity contribution is 5.75. The molecule has 1 fully saturated rings. The smallest absolute Gasteiger partial charge is 0.133 e. The summed E-state index contributed by atoms with van der Waals surface area (Å²) in [6, 6.07) is -0.179. The molecule has 2 atom stereocenters. The zero-order chi connectivity index (χ0) is 12.1. The third-order valence-corrected chi connectivity index (χ3v) is 3.06. The SMILES string of the molecule is CCN1CCC(N/C(C)=C(/N)C=N)C(F)C1. The normalized spacial score (nSPS) is 28.4. The molecule has 92 valence electrons. The molecular formula is C11H21FN4. The number of allylic oxidation sites excluding steroid dienone is 2. The molecule has 1 heterocycles. The van der Waals surface area contributed by atoms with Crippen LogP contribution in [0.2, 0.25) is 0 Å². The van der Waals surface area contributed by atoms with Gasteiger partial charge >= 0.3 is 0 Å². The van der Waals surface area contributed by atoms with Crippen molar-refractivity contribution in [2.24, 2.45) is 5.73 Å². The molecule has 0 aromatic heterocycles. The second kappa shape index (κ2) is 5.84. The highest BCUT2D eigenvalue weighted by Gasteiger charge is 2.28. The van der Waals surface area contributed by atoms with Gasteiger partial charge in [-0.05, 0) is 19.9 Å². The Bertz CT molecular complexity index is 277. The van der Waals surface area contributed by atoms with Gasteiger partial charge in [0.1, 0.15) is 6.17 Å². The van der Waals surface area contributed by atoms with Crippen molar-refractivity contribution in [1.82, 2.24) is 10.2 Å². The van der Waals surface area contributed by atoms with E-state index in [1.54, 1.807) is 6.92 Å². The van der Waals surface area contributed by atoms with Crippen LogP contribution in [0.4, 0.5) is 4.39 Å². The Morgan fingerprint density at radius 1 is 1.69 bits per heavy atom. The molecule has 1 saturated heterocycles. The minimum atomic E-state index is -0.873. The fraction of sp³-hybridized carbons (Fsp3) is 0.727. The van der Waals surface area contributed by atoms with E-state index in [0.29, 0.717) is 17.9 Å². The number of piperidine rings is 1. The molecule has 1 aliphatic heterocycles. The third-order valence-electron chi connectivity index (χ3n) is 3.06. The van der Waals surface area contributed by atoms with Crippen LogP contribution in [0.25, 0.3) is 0 Å². The largest absolute Gasteiger partial charge is 0.396 e. The van der Waals surface area contributed by atoms with Crippen LogP contribution in [0.15, 0.2) is 11.4 Å². The lowest BCUT2D eigenvalue weighted by Gasteiger charge is -2.35. The number of hydrogen-bond acceptors (Lipinski definition) is 4. The fourth-order valence-corrected chi connectivity index (χ4v) is 1.89. The third kappa shape index (κ3) is 3.20. The lowest BCUT2D eigenvalue weighted by molar-refractivity contribution is 0.112. The molecular weight excluding hydrogens is 207 g/mol. The maximum absolute atomic E-state index is 13.8. The number of alkyl halides is 1. The van der Waals surface area contributed by atoms with Gasteiger partial charge in [0.15, 0.2) is 0 Å². The highest BCUT2D eigenvalue weighted by Crippen LogP contribution is 2.15. The predicted octanol–water partition coefficient (Wildman–Crippen LogP) is 0.848. The lowest BCUT2D eigenvalue weighted by Crippen LogP contribution is -2.50. The van der Waals surface area contributed by atoms with Gasteiger partial charge in [0.2, 0.25) is 0 Å². The van der Waals surface area contributed by atoms with E-state index in [1.165, 1.54) is 0 Å². The average molecular weight is 228 g/mol. The van der Waals surface area contributed by atoms with E-state index in [1.807, 2.05) is 6.92 Å². The average Bonchev–Trinajstić information content (AvgIpc) is 2.30. The van der Waals surface area contributed by atoms with Crippen molar-refractivity contribution in [2.45, 2.75) is 32.5 Å². The molecule has 0 radical (unpaired) electrons. The van der Waals surface area contributed by atoms with Crippen molar-refractivity contribution in [3.63, 3.8) is 0 Å². The second-order valence-electron chi connectivity index (χ2n) is 4.17. The van der Waals surface area contributed by atoms with E-state index in [9.17, 15) is 4.39 Å². The standard InChI is InChI=1S/C11H21FN4/c1-3-16-5-4-11(9(12)7-16)15-8(2)10(14)6-13/h6,9,11,13,15H,3-5,7,14H2,1-2H3/b10-8+,13-6?. The van der Waals surface area contributed by atoms with Crippen molar-refractivity contribution in [3.05, 3.63) is 11.4 Å². The lowest BCUT2D eigenvalue weighted by atomic mass is 10.0. The molecule has 4 N–H and O–H groups in total. The van der Waals surface area contributed by atoms with E-state index >= 15 is 0 Å². The molecule has 1 aliphatic rings. The van der Waals surface area contributed by atoms with E-state index < -0.39 is 6.17 Å². The molecule has 0 aromatic carbocycles. The number of rotatable bonds is 4. The molecule has 1 rings (SSSR count). The Balaban J connectivity index is 2.54. The number of hydrogen-bond donors (Lipinski definition) is 3. The van der Waals surface area contributed by atoms with Gasteiger partial charge in [0.25, 0.3) is 0 Å². The summed E-state index contributed by atoms with van der Waals surface area (Å²) in [4.78, 5) is 2.10. The quantitative estimate of drug-likeness (QED) is 0.625. The van der Waals surface area contributed by atoms with Gasteiger partial charge in [-0.2, -0.15) is 0 Å². The van der Waals surface area contributed by atoms with E-state index in [-0.39, 0.29) is 6.04 Å². The van der Waals surface area contributed by atoms with Gasteiger partial charge in [-0.25, -0.2) is 4.39 Å². The van der Waals surface area contributed by atoms with Crippen LogP contribution < -0.4 is 11.1 Å². The van der Waals surface area contributed by atoms with Crippen molar-refractivity contribution >= 4 is 6.21 Å². The monoisotopic (exact) mass is 228 g/mol. The van der Waals surface area contributed by atoms with Crippen LogP contribution in [0.5, 0.6) is 0 Å². The van der Waals surface area contributed by atoms with Crippen molar-refractivity contribution < 1.29 is 4.39 Å². The molecule has 0 aromatic rings. The van der Waals surface area contributed by atoms with E-state index in [2.05, 4.69) is 10.2 Å². The summed E-state index contributed by atoms with van der Waals surface area (Å²) in [7, 11) is 0. The molecule has 0 amide bonds. The van der Waals surface area contributed by atoms with E-state index in [4.69, 9.17) is 11.1 Å². The van der Waals surface area contributed by atoms with Gasteiger partial charge in [-0.1, -0.05) is 6.92 Å². The molecule has 2 unspecified atom stereocenters. The molecule has 0 spiro atoms. The number of nitrogens with zero attached hydrogens (tertiary/aromatic N) is 1. The molecule has 0 saturated carbocycles. The molecule has 0 aliphatic carbocycles. The molecule has 5 heteroatoms. The Morgan fingerprint density at radius 2 is 2.38 bits per heavy atom.